The summed E-state index contributed by atoms with van der Waals surface area (Å²) in [6, 6.07) is 21.5. The standard InChI is InChI=1S/C33H31N5O.CH3NO/c1-20-4-5-23(24-10-11-35-30(16-24)33(2,3)18-34)15-28(20)26-12-25(21-6-7-21)13-27(14-26)29-17-31(37-19-36-29)38-32(39)22-8-9-22;2-1-3/h4-5,10-17,19,21-22H,6-9H2,1-3H3,(H,36,37,38,39);1H,(H2,2,3). The predicted octanol–water partition coefficient (Wildman–Crippen LogP) is 6.31. The quantitative estimate of drug-likeness (QED) is 0.255. The van der Waals surface area contributed by atoms with Gasteiger partial charge in [0, 0.05) is 23.7 Å². The van der Waals surface area contributed by atoms with Crippen LogP contribution in [0.4, 0.5) is 5.82 Å². The zero-order chi connectivity index (χ0) is 29.9. The molecule has 8 heteroatoms. The van der Waals surface area contributed by atoms with Crippen molar-refractivity contribution in [2.24, 2.45) is 11.7 Å². The Balaban J connectivity index is 0.00000113. The summed E-state index contributed by atoms with van der Waals surface area (Å²) in [4.78, 5) is 34.2. The number of pyridine rings is 1. The third-order valence-electron chi connectivity index (χ3n) is 7.73. The van der Waals surface area contributed by atoms with Crippen LogP contribution in [0.1, 0.15) is 62.3 Å². The maximum Gasteiger partial charge on any atom is 0.228 e. The third kappa shape index (κ3) is 6.52. The lowest BCUT2D eigenvalue weighted by Gasteiger charge is -2.16. The van der Waals surface area contributed by atoms with Crippen LogP contribution in [-0.4, -0.2) is 27.3 Å². The number of nitriles is 1. The zero-order valence-corrected chi connectivity index (χ0v) is 24.1. The van der Waals surface area contributed by atoms with E-state index in [0.29, 0.717) is 11.7 Å². The molecule has 8 nitrogen and oxygen atoms in total. The first-order valence-corrected chi connectivity index (χ1v) is 14.1. The molecule has 2 amide bonds. The molecule has 0 atom stereocenters. The van der Waals surface area contributed by atoms with E-state index >= 15 is 0 Å². The number of nitrogens with one attached hydrogen (secondary N) is 1. The van der Waals surface area contributed by atoms with Crippen LogP contribution in [0, 0.1) is 24.2 Å². The van der Waals surface area contributed by atoms with Crippen LogP contribution in [0.3, 0.4) is 0 Å². The average molecular weight is 559 g/mol. The van der Waals surface area contributed by atoms with Gasteiger partial charge in [-0.3, -0.25) is 14.6 Å². The summed E-state index contributed by atoms with van der Waals surface area (Å²) in [7, 11) is 0. The number of rotatable bonds is 7. The summed E-state index contributed by atoms with van der Waals surface area (Å²) in [5.41, 5.74) is 13.0. The lowest BCUT2D eigenvalue weighted by atomic mass is 9.88. The molecule has 212 valence electrons. The first-order chi connectivity index (χ1) is 20.2. The Hall–Kier alpha value is -4.90. The molecule has 42 heavy (non-hydrogen) atoms. The third-order valence-corrected chi connectivity index (χ3v) is 7.73. The number of carbonyl (C=O) groups excluding carboxylic acids is 2. The fourth-order valence-corrected chi connectivity index (χ4v) is 4.89. The molecular weight excluding hydrogens is 524 g/mol. The van der Waals surface area contributed by atoms with E-state index in [1.807, 2.05) is 32.0 Å². The predicted molar refractivity (Wildman–Crippen MR) is 163 cm³/mol. The van der Waals surface area contributed by atoms with E-state index in [1.54, 1.807) is 6.20 Å². The number of carbonyl (C=O) groups is 2. The van der Waals surface area contributed by atoms with E-state index in [1.165, 1.54) is 30.3 Å². The van der Waals surface area contributed by atoms with Crippen molar-refractivity contribution in [1.29, 1.82) is 5.26 Å². The first kappa shape index (κ1) is 28.6. The highest BCUT2D eigenvalue weighted by Crippen LogP contribution is 2.43. The number of hydrogen-bond acceptors (Lipinski definition) is 6. The van der Waals surface area contributed by atoms with Gasteiger partial charge in [0.25, 0.3) is 0 Å². The molecule has 2 aliphatic carbocycles. The lowest BCUT2D eigenvalue weighted by molar-refractivity contribution is -0.117. The average Bonchev–Trinajstić information content (AvgIpc) is 3.91. The summed E-state index contributed by atoms with van der Waals surface area (Å²) in [5.74, 6) is 1.27. The summed E-state index contributed by atoms with van der Waals surface area (Å²) in [6.45, 7) is 5.91. The van der Waals surface area contributed by atoms with Crippen LogP contribution < -0.4 is 11.1 Å². The highest BCUT2D eigenvalue weighted by atomic mass is 16.2. The van der Waals surface area contributed by atoms with Gasteiger partial charge in [0.2, 0.25) is 12.3 Å². The van der Waals surface area contributed by atoms with Gasteiger partial charge >= 0.3 is 0 Å². The summed E-state index contributed by atoms with van der Waals surface area (Å²) in [6.07, 6.45) is 7.85. The van der Waals surface area contributed by atoms with Crippen molar-refractivity contribution < 1.29 is 9.59 Å². The van der Waals surface area contributed by atoms with E-state index in [0.717, 1.165) is 52.0 Å². The Kier molecular flexibility index (Phi) is 8.12. The van der Waals surface area contributed by atoms with E-state index in [2.05, 4.69) is 75.4 Å². The second kappa shape index (κ2) is 11.9. The molecule has 2 saturated carbocycles. The van der Waals surface area contributed by atoms with Gasteiger partial charge < -0.3 is 11.1 Å². The van der Waals surface area contributed by atoms with Gasteiger partial charge in [0.05, 0.1) is 22.9 Å². The number of aryl methyl sites for hydroxylation is 1. The van der Waals surface area contributed by atoms with Gasteiger partial charge in [0.15, 0.2) is 0 Å². The van der Waals surface area contributed by atoms with Crippen molar-refractivity contribution >= 4 is 18.1 Å². The molecule has 2 aromatic carbocycles. The summed E-state index contributed by atoms with van der Waals surface area (Å²) >= 11 is 0. The lowest BCUT2D eigenvalue weighted by Crippen LogP contribution is -2.15. The zero-order valence-electron chi connectivity index (χ0n) is 24.1. The Labute approximate surface area is 246 Å². The molecule has 0 aliphatic heterocycles. The Morgan fingerprint density at radius 1 is 0.952 bits per heavy atom. The molecule has 2 aliphatic rings. The topological polar surface area (TPSA) is 135 Å². The summed E-state index contributed by atoms with van der Waals surface area (Å²) in [5, 5.41) is 12.6. The van der Waals surface area contributed by atoms with E-state index in [9.17, 15) is 10.1 Å². The number of benzene rings is 2. The van der Waals surface area contributed by atoms with Gasteiger partial charge in [0.1, 0.15) is 12.1 Å². The number of anilines is 1. The molecule has 4 aromatic rings. The van der Waals surface area contributed by atoms with Crippen molar-refractivity contribution in [2.75, 3.05) is 5.32 Å². The number of hydrogen-bond donors (Lipinski definition) is 2. The smallest absolute Gasteiger partial charge is 0.228 e. The van der Waals surface area contributed by atoms with Crippen molar-refractivity contribution in [3.8, 4) is 39.6 Å². The van der Waals surface area contributed by atoms with Crippen molar-refractivity contribution in [3.05, 3.63) is 83.9 Å². The van der Waals surface area contributed by atoms with Crippen molar-refractivity contribution in [3.63, 3.8) is 0 Å². The summed E-state index contributed by atoms with van der Waals surface area (Å²) < 4.78 is 0. The SMILES string of the molecule is Cc1ccc(-c2ccnc(C(C)(C)C#N)c2)cc1-c1cc(-c2cc(NC(=O)C3CC3)ncn2)cc(C2CC2)c1.NC=O. The number of amides is 2. The van der Waals surface area contributed by atoms with Crippen molar-refractivity contribution in [2.45, 2.75) is 57.8 Å². The number of nitrogens with two attached hydrogens (primary N) is 1. The molecule has 0 unspecified atom stereocenters. The molecule has 2 fully saturated rings. The van der Waals surface area contributed by atoms with E-state index < -0.39 is 5.41 Å². The van der Waals surface area contributed by atoms with Crippen LogP contribution in [0.2, 0.25) is 0 Å². The monoisotopic (exact) mass is 558 g/mol. The van der Waals surface area contributed by atoms with Crippen LogP contribution in [0.15, 0.2) is 67.1 Å². The minimum Gasteiger partial charge on any atom is -0.372 e. The number of nitrogens with zero attached hydrogens (tertiary/aromatic N) is 4. The van der Waals surface area contributed by atoms with Gasteiger partial charge in [-0.25, -0.2) is 9.97 Å². The molecular formula is C34H34N6O2. The fraction of sp³-hybridized carbons (Fsp3) is 0.294. The Bertz CT molecular complexity index is 1680. The fourth-order valence-electron chi connectivity index (χ4n) is 4.89. The highest BCUT2D eigenvalue weighted by molar-refractivity contribution is 5.93. The Morgan fingerprint density at radius 3 is 2.36 bits per heavy atom. The minimum atomic E-state index is -0.661. The van der Waals surface area contributed by atoms with Crippen LogP contribution in [0.25, 0.3) is 33.5 Å². The number of aromatic nitrogens is 3. The molecule has 3 N–H and O–H groups in total. The molecule has 0 saturated heterocycles. The molecule has 2 aromatic heterocycles. The Morgan fingerprint density at radius 2 is 1.67 bits per heavy atom. The van der Waals surface area contributed by atoms with Gasteiger partial charge in [-0.1, -0.05) is 18.2 Å². The normalized spacial score (nSPS) is 14.2. The molecule has 0 radical (unpaired) electrons. The van der Waals surface area contributed by atoms with Crippen LogP contribution >= 0.6 is 0 Å². The van der Waals surface area contributed by atoms with Gasteiger partial charge in [-0.2, -0.15) is 5.26 Å². The van der Waals surface area contributed by atoms with E-state index in [-0.39, 0.29) is 18.2 Å². The minimum absolute atomic E-state index is 0.0388. The van der Waals surface area contributed by atoms with Crippen molar-refractivity contribution in [1.82, 2.24) is 15.0 Å². The highest BCUT2D eigenvalue weighted by Gasteiger charge is 2.30. The second-order valence-electron chi connectivity index (χ2n) is 11.5. The molecule has 6 rings (SSSR count). The molecule has 0 spiro atoms. The van der Waals surface area contributed by atoms with Gasteiger partial charge in [-0.15, -0.1) is 0 Å². The number of primary amides is 1. The second-order valence-corrected chi connectivity index (χ2v) is 11.5. The van der Waals surface area contributed by atoms with E-state index in [4.69, 9.17) is 4.79 Å². The maximum atomic E-state index is 12.3. The molecule has 2 heterocycles. The van der Waals surface area contributed by atoms with Crippen LogP contribution in [0.5, 0.6) is 0 Å². The van der Waals surface area contributed by atoms with Crippen LogP contribution in [-0.2, 0) is 15.0 Å². The molecule has 0 bridgehead atoms. The first-order valence-electron chi connectivity index (χ1n) is 14.1. The largest absolute Gasteiger partial charge is 0.372 e. The van der Waals surface area contributed by atoms with Gasteiger partial charge in [-0.05, 0) is 116 Å². The maximum absolute atomic E-state index is 12.3.